The molecule has 0 heterocycles. The van der Waals surface area contributed by atoms with Crippen molar-refractivity contribution >= 4 is 28.6 Å². The van der Waals surface area contributed by atoms with Crippen LogP contribution in [-0.4, -0.2) is 11.1 Å². The highest BCUT2D eigenvalue weighted by Crippen LogP contribution is 2.29. The Kier molecular flexibility index (Phi) is 12.2. The van der Waals surface area contributed by atoms with Gasteiger partial charge in [0.25, 0.3) is 0 Å². The molecule has 0 aliphatic rings. The number of aliphatic carboxylic acids is 1. The number of carbonyl (C=O) groups is 1. The topological polar surface area (TPSA) is 37.3 Å². The molecule has 0 saturated heterocycles. The van der Waals surface area contributed by atoms with E-state index in [0.717, 1.165) is 12.8 Å². The van der Waals surface area contributed by atoms with Crippen LogP contribution in [0.4, 0.5) is 0 Å². The lowest BCUT2D eigenvalue weighted by Crippen LogP contribution is -2.13. The second-order valence-corrected chi connectivity index (χ2v) is 9.61. The molecule has 1 aromatic carbocycles. The lowest BCUT2D eigenvalue weighted by molar-refractivity contribution is -0.137. The molecule has 0 amide bonds. The van der Waals surface area contributed by atoms with Crippen molar-refractivity contribution in [2.75, 3.05) is 0 Å². The summed E-state index contributed by atoms with van der Waals surface area (Å²) in [6.45, 7) is 4.40. The highest BCUT2D eigenvalue weighted by atomic mass is 127. The van der Waals surface area contributed by atoms with E-state index in [4.69, 9.17) is 5.11 Å². The predicted octanol–water partition coefficient (Wildman–Crippen LogP) is 7.63. The molecule has 0 spiro atoms. The molecule has 2 nitrogen and oxygen atoms in total. The van der Waals surface area contributed by atoms with Crippen LogP contribution >= 0.6 is 22.6 Å². The van der Waals surface area contributed by atoms with Gasteiger partial charge >= 0.3 is 5.97 Å². The van der Waals surface area contributed by atoms with E-state index < -0.39 is 5.97 Å². The molecule has 0 aliphatic carbocycles. The maximum absolute atomic E-state index is 10.7. The van der Waals surface area contributed by atoms with E-state index in [-0.39, 0.29) is 5.41 Å². The van der Waals surface area contributed by atoms with Crippen LogP contribution in [0.15, 0.2) is 24.3 Å². The summed E-state index contributed by atoms with van der Waals surface area (Å²) in [6.07, 6.45) is 15.5. The number of benzene rings is 1. The van der Waals surface area contributed by atoms with E-state index in [1.165, 1.54) is 73.3 Å². The minimum absolute atomic E-state index is 0.176. The molecule has 1 rings (SSSR count). The second-order valence-electron chi connectivity index (χ2n) is 8.37. The summed E-state index contributed by atoms with van der Waals surface area (Å²) in [4.78, 5) is 10.7. The van der Waals surface area contributed by atoms with E-state index in [1.54, 1.807) is 0 Å². The van der Waals surface area contributed by atoms with Gasteiger partial charge in [0, 0.05) is 9.99 Å². The van der Waals surface area contributed by atoms with Crippen molar-refractivity contribution in [3.05, 3.63) is 33.4 Å². The third-order valence-corrected chi connectivity index (χ3v) is 5.97. The van der Waals surface area contributed by atoms with Crippen LogP contribution < -0.4 is 0 Å². The summed E-state index contributed by atoms with van der Waals surface area (Å²) in [7, 11) is 0. The van der Waals surface area contributed by atoms with Gasteiger partial charge in [-0.3, -0.25) is 4.79 Å². The van der Waals surface area contributed by atoms with Gasteiger partial charge in [-0.05, 0) is 71.4 Å². The Morgan fingerprint density at radius 3 is 1.88 bits per heavy atom. The average molecular weight is 472 g/mol. The normalized spacial score (nSPS) is 11.7. The summed E-state index contributed by atoms with van der Waals surface area (Å²) >= 11 is 2.36. The number of halogens is 1. The molecule has 1 N–H and O–H groups in total. The fourth-order valence-corrected chi connectivity index (χ4v) is 3.75. The van der Waals surface area contributed by atoms with Crippen molar-refractivity contribution in [2.45, 2.75) is 97.3 Å². The summed E-state index contributed by atoms with van der Waals surface area (Å²) in [5, 5.41) is 8.79. The molecular formula is C23H37IO2. The van der Waals surface area contributed by atoms with Gasteiger partial charge in [-0.1, -0.05) is 77.3 Å². The molecule has 148 valence electrons. The molecule has 0 bridgehead atoms. The summed E-state index contributed by atoms with van der Waals surface area (Å²) in [6, 6.07) is 8.90. The molecule has 26 heavy (non-hydrogen) atoms. The van der Waals surface area contributed by atoms with Crippen LogP contribution in [0.25, 0.3) is 0 Å². The molecule has 0 atom stereocenters. The van der Waals surface area contributed by atoms with Crippen LogP contribution in [-0.2, 0) is 11.2 Å². The Hall–Kier alpha value is -0.580. The van der Waals surface area contributed by atoms with Crippen LogP contribution in [0.2, 0.25) is 0 Å². The zero-order valence-corrected chi connectivity index (χ0v) is 18.9. The first-order valence-electron chi connectivity index (χ1n) is 10.4. The lowest BCUT2D eigenvalue weighted by Gasteiger charge is -2.23. The Labute approximate surface area is 174 Å². The number of rotatable bonds is 15. The maximum Gasteiger partial charge on any atom is 0.303 e. The van der Waals surface area contributed by atoms with E-state index in [9.17, 15) is 4.79 Å². The molecule has 0 fully saturated rings. The Bertz CT molecular complexity index is 493. The smallest absolute Gasteiger partial charge is 0.303 e. The van der Waals surface area contributed by atoms with Crippen molar-refractivity contribution in [3.8, 4) is 0 Å². The predicted molar refractivity (Wildman–Crippen MR) is 120 cm³/mol. The number of aryl methyl sites for hydroxylation is 1. The molecule has 0 aliphatic heterocycles. The summed E-state index contributed by atoms with van der Waals surface area (Å²) in [5.74, 6) is -0.670. The van der Waals surface area contributed by atoms with Gasteiger partial charge in [0.2, 0.25) is 0 Å². The minimum atomic E-state index is -0.670. The third-order valence-electron chi connectivity index (χ3n) is 5.25. The zero-order valence-electron chi connectivity index (χ0n) is 16.7. The quantitative estimate of drug-likeness (QED) is 0.211. The van der Waals surface area contributed by atoms with Gasteiger partial charge in [0.15, 0.2) is 0 Å². The number of unbranched alkanes of at least 4 members (excludes halogenated alkanes) is 8. The molecule has 0 radical (unpaired) electrons. The van der Waals surface area contributed by atoms with Gasteiger partial charge in [-0.15, -0.1) is 0 Å². The molecular weight excluding hydrogens is 435 g/mol. The van der Waals surface area contributed by atoms with Crippen LogP contribution in [0.1, 0.15) is 96.5 Å². The zero-order chi connectivity index (χ0) is 19.3. The van der Waals surface area contributed by atoms with Crippen LogP contribution in [0.3, 0.4) is 0 Å². The monoisotopic (exact) mass is 472 g/mol. The van der Waals surface area contributed by atoms with Crippen molar-refractivity contribution in [1.82, 2.24) is 0 Å². The minimum Gasteiger partial charge on any atom is -0.481 e. The third kappa shape index (κ3) is 12.7. The van der Waals surface area contributed by atoms with E-state index >= 15 is 0 Å². The molecule has 0 aromatic heterocycles. The first-order valence-corrected chi connectivity index (χ1v) is 11.4. The Morgan fingerprint density at radius 1 is 0.846 bits per heavy atom. The number of carboxylic acids is 1. The van der Waals surface area contributed by atoms with Crippen molar-refractivity contribution in [1.29, 1.82) is 0 Å². The van der Waals surface area contributed by atoms with E-state index in [1.807, 2.05) is 0 Å². The lowest BCUT2D eigenvalue weighted by atomic mass is 9.82. The highest BCUT2D eigenvalue weighted by Gasteiger charge is 2.18. The number of hydrogen-bond acceptors (Lipinski definition) is 1. The summed E-state index contributed by atoms with van der Waals surface area (Å²) < 4.78 is 1.31. The molecule has 0 unspecified atom stereocenters. The Morgan fingerprint density at radius 2 is 1.35 bits per heavy atom. The SMILES string of the molecule is CC(C)(CCCCCCCCCCCc1ccc(I)cc1)CCC(=O)O. The van der Waals surface area contributed by atoms with Gasteiger partial charge in [-0.25, -0.2) is 0 Å². The fourth-order valence-electron chi connectivity index (χ4n) is 3.39. The fraction of sp³-hybridized carbons (Fsp3) is 0.696. The molecule has 1 aromatic rings. The van der Waals surface area contributed by atoms with Crippen LogP contribution in [0, 0.1) is 8.99 Å². The van der Waals surface area contributed by atoms with Crippen LogP contribution in [0.5, 0.6) is 0 Å². The summed E-state index contributed by atoms with van der Waals surface area (Å²) in [5.41, 5.74) is 1.65. The number of carboxylic acid groups (broad SMARTS) is 1. The molecule has 3 heteroatoms. The van der Waals surface area contributed by atoms with E-state index in [2.05, 4.69) is 60.7 Å². The largest absolute Gasteiger partial charge is 0.481 e. The standard InChI is InChI=1S/C23H37IO2/c1-23(2,19-17-22(25)26)18-11-9-7-5-3-4-6-8-10-12-20-13-15-21(24)16-14-20/h13-16H,3-12,17-19H2,1-2H3,(H,25,26). The average Bonchev–Trinajstić information content (AvgIpc) is 2.59. The van der Waals surface area contributed by atoms with Crippen molar-refractivity contribution < 1.29 is 9.90 Å². The van der Waals surface area contributed by atoms with Gasteiger partial charge in [-0.2, -0.15) is 0 Å². The van der Waals surface area contributed by atoms with Gasteiger partial charge in [0.05, 0.1) is 0 Å². The first-order chi connectivity index (χ1) is 12.4. The van der Waals surface area contributed by atoms with Crippen molar-refractivity contribution in [3.63, 3.8) is 0 Å². The highest BCUT2D eigenvalue weighted by molar-refractivity contribution is 14.1. The second kappa shape index (κ2) is 13.6. The maximum atomic E-state index is 10.7. The number of hydrogen-bond donors (Lipinski definition) is 1. The van der Waals surface area contributed by atoms with Gasteiger partial charge < -0.3 is 5.11 Å². The Balaban J connectivity index is 1.88. The molecule has 0 saturated carbocycles. The van der Waals surface area contributed by atoms with Gasteiger partial charge in [0.1, 0.15) is 0 Å². The van der Waals surface area contributed by atoms with Crippen molar-refractivity contribution in [2.24, 2.45) is 5.41 Å². The van der Waals surface area contributed by atoms with E-state index in [0.29, 0.717) is 6.42 Å². The first kappa shape index (κ1) is 23.5.